The van der Waals surface area contributed by atoms with E-state index in [9.17, 15) is 43.5 Å². The monoisotopic (exact) mass is 1370 g/mol. The number of methoxy groups -OCH3 is 1. The largest absolute Gasteiger partial charge is 0.461 e. The second kappa shape index (κ2) is 33.3. The van der Waals surface area contributed by atoms with E-state index < -0.39 is 95.9 Å². The van der Waals surface area contributed by atoms with E-state index in [2.05, 4.69) is 36.0 Å². The molecule has 6 amide bonds. The van der Waals surface area contributed by atoms with Crippen molar-refractivity contribution in [1.82, 2.24) is 15.5 Å². The summed E-state index contributed by atoms with van der Waals surface area (Å²) in [6.07, 6.45) is 4.35. The molecule has 26 heteroatoms. The Kier molecular flexibility index (Phi) is 24.9. The van der Waals surface area contributed by atoms with Gasteiger partial charge in [0.2, 0.25) is 11.8 Å². The van der Waals surface area contributed by atoms with Gasteiger partial charge < -0.3 is 83.6 Å². The van der Waals surface area contributed by atoms with Crippen LogP contribution in [0.15, 0.2) is 60.7 Å². The van der Waals surface area contributed by atoms with Crippen LogP contribution in [0.5, 0.6) is 0 Å². The Labute approximate surface area is 573 Å². The van der Waals surface area contributed by atoms with Gasteiger partial charge in [0.1, 0.15) is 42.9 Å². The SMILES string of the molecule is C=C1C[C@@H]2CC[C@@]34C[C@H]5O[C@H]6[C@@H](O3)[C@H]3O[C@H](CC[C@@H]3O[C@H]6C5O4)CC(=O)C[C@@H]3[C@@H](OC)[C@@H](C[C@H](O)CCC(=O)OCc4ccc(NC(=O)[C@H](CCCNC(N)=O)CC(=O)[C@@H](NC(=O)CCOCCOCCN5C(=O)C=CC5=O)C(C)C)cc4)O[C@H]3C[C@H]3O[C@@H](CC[C@@H]1O2)C[C@@H](C)C3=C. The van der Waals surface area contributed by atoms with Crippen LogP contribution in [0.4, 0.5) is 10.5 Å². The van der Waals surface area contributed by atoms with Crippen molar-refractivity contribution in [3.63, 3.8) is 0 Å². The molecule has 12 bridgehead atoms. The molecule has 26 nitrogen and oxygen atoms in total. The minimum Gasteiger partial charge on any atom is -0.461 e. The molecule has 11 aliphatic heterocycles. The average Bonchev–Trinajstić information content (AvgIpc) is 1.55. The third kappa shape index (κ3) is 18.2. The van der Waals surface area contributed by atoms with E-state index >= 15 is 0 Å². The predicted octanol–water partition coefficient (Wildman–Crippen LogP) is 5.45. The van der Waals surface area contributed by atoms with Crippen LogP contribution in [-0.4, -0.2) is 213 Å². The van der Waals surface area contributed by atoms with E-state index in [4.69, 9.17) is 62.6 Å². The number of esters is 1. The molecule has 540 valence electrons. The Balaban J connectivity index is 0.658. The highest BCUT2D eigenvalue weighted by atomic mass is 16.8. The summed E-state index contributed by atoms with van der Waals surface area (Å²) in [5.41, 5.74) is 8.37. The van der Waals surface area contributed by atoms with Crippen LogP contribution < -0.4 is 21.7 Å². The van der Waals surface area contributed by atoms with E-state index in [-0.39, 0.29) is 182 Å². The van der Waals surface area contributed by atoms with Crippen LogP contribution in [0.3, 0.4) is 0 Å². The number of primary amides is 1. The highest BCUT2D eigenvalue weighted by Gasteiger charge is 2.69. The van der Waals surface area contributed by atoms with Crippen LogP contribution >= 0.6 is 0 Å². The number of hydrogen-bond acceptors (Lipinski definition) is 21. The first-order chi connectivity index (χ1) is 47.1. The third-order valence-corrected chi connectivity index (χ3v) is 21.4. The summed E-state index contributed by atoms with van der Waals surface area (Å²) in [7, 11) is 1.60. The number of rotatable bonds is 28. The van der Waals surface area contributed by atoms with Crippen molar-refractivity contribution in [2.24, 2.45) is 29.4 Å². The fourth-order valence-electron chi connectivity index (χ4n) is 16.2. The number of ketones is 2. The number of imide groups is 1. The molecule has 1 aromatic rings. The van der Waals surface area contributed by atoms with Gasteiger partial charge in [0, 0.05) is 101 Å². The predicted molar refractivity (Wildman–Crippen MR) is 350 cm³/mol. The molecule has 0 radical (unpaired) electrons. The number of aliphatic hydroxyl groups excluding tert-OH is 1. The Morgan fingerprint density at radius 2 is 1.47 bits per heavy atom. The summed E-state index contributed by atoms with van der Waals surface area (Å²) in [5, 5.41) is 19.8. The Bertz CT molecular complexity index is 3060. The molecule has 11 aliphatic rings. The Morgan fingerprint density at radius 3 is 2.22 bits per heavy atom. The minimum absolute atomic E-state index is 0.00751. The molecule has 21 atom stereocenters. The van der Waals surface area contributed by atoms with Gasteiger partial charge in [-0.3, -0.25) is 38.5 Å². The maximum absolute atomic E-state index is 14.6. The van der Waals surface area contributed by atoms with Crippen molar-refractivity contribution >= 4 is 52.9 Å². The zero-order valence-electron chi connectivity index (χ0n) is 57.0. The highest BCUT2D eigenvalue weighted by Crippen LogP contribution is 2.55. The molecular formula is C72H101N5O21. The number of hydrogen-bond donors (Lipinski definition) is 5. The summed E-state index contributed by atoms with van der Waals surface area (Å²) in [6, 6.07) is 5.03. The molecule has 0 aliphatic carbocycles. The number of aliphatic hydroxyl groups is 1. The highest BCUT2D eigenvalue weighted by molar-refractivity contribution is 6.12. The second-order valence-electron chi connectivity index (χ2n) is 28.8. The van der Waals surface area contributed by atoms with Gasteiger partial charge in [-0.25, -0.2) is 4.79 Å². The number of carbonyl (C=O) groups excluding carboxylic acids is 8. The zero-order valence-corrected chi connectivity index (χ0v) is 57.0. The molecule has 10 saturated heterocycles. The van der Waals surface area contributed by atoms with E-state index in [0.717, 1.165) is 48.2 Å². The molecule has 98 heavy (non-hydrogen) atoms. The molecule has 6 N–H and O–H groups in total. The van der Waals surface area contributed by atoms with Crippen molar-refractivity contribution in [3.8, 4) is 0 Å². The van der Waals surface area contributed by atoms with Gasteiger partial charge in [0.25, 0.3) is 11.8 Å². The van der Waals surface area contributed by atoms with Crippen LogP contribution in [0.25, 0.3) is 0 Å². The van der Waals surface area contributed by atoms with E-state index in [0.29, 0.717) is 49.8 Å². The van der Waals surface area contributed by atoms with Crippen molar-refractivity contribution < 1.29 is 100 Å². The molecule has 1 spiro atoms. The standard InChI is InChI=1S/C72H101N5O21/c1-39(2)63(76-59(81)22-26-88-28-29-89-27-25-77-60(82)18-19-61(77)83)52(80)32-44(8-7-24-74-71(73)86)70(85)75-45-11-9-43(10-12-45)38-90-62(84)20-13-46(78)35-57-64(87-6)51-34-47(79)33-49-15-17-54-65(93-49)69-68-67(95-54)66-58(96-68)37-72(97-66,98-69)23-21-50-31-41(4)53(91-50)16-14-48-30-40(3)42(5)55(92-48)36-56(51)94-57/h9-12,18-19,39-40,44,46,48-51,53-58,63-69,78H,4-5,7-8,13-17,20-38H2,1-3,6H3,(H,75,85)(H,76,81)(H3,73,74,86)/t40-,44-,46-,48+,49-,50+,51+,53+,54+,55-,56+,57-,58-,63+,64-,65+,66?,67+,68-,69+,72+/m1/s1. The number of ether oxygens (including phenoxy) is 12. The number of benzene rings is 1. The van der Waals surface area contributed by atoms with Gasteiger partial charge in [0.05, 0.1) is 106 Å². The summed E-state index contributed by atoms with van der Waals surface area (Å²) < 4.78 is 77.5. The van der Waals surface area contributed by atoms with Crippen molar-refractivity contribution in [3.05, 3.63) is 66.3 Å². The van der Waals surface area contributed by atoms with Gasteiger partial charge in [-0.1, -0.05) is 46.1 Å². The van der Waals surface area contributed by atoms with E-state index in [1.165, 1.54) is 12.2 Å². The number of carbonyl (C=O) groups is 8. The molecule has 1 unspecified atom stereocenters. The lowest BCUT2D eigenvalue weighted by Gasteiger charge is -2.47. The fraction of sp³-hybridized carbons (Fsp3) is 0.722. The van der Waals surface area contributed by atoms with Crippen LogP contribution in [0, 0.1) is 23.7 Å². The van der Waals surface area contributed by atoms with Crippen LogP contribution in [0.1, 0.15) is 148 Å². The van der Waals surface area contributed by atoms with Gasteiger partial charge >= 0.3 is 12.0 Å². The minimum atomic E-state index is -0.990. The molecule has 10 fully saturated rings. The quantitative estimate of drug-likeness (QED) is 0.0301. The summed E-state index contributed by atoms with van der Waals surface area (Å²) in [4.78, 5) is 104. The van der Waals surface area contributed by atoms with Crippen molar-refractivity contribution in [1.29, 1.82) is 0 Å². The molecule has 0 aromatic heterocycles. The number of nitrogens with one attached hydrogen (secondary N) is 3. The number of nitrogens with zero attached hydrogens (tertiary/aromatic N) is 1. The van der Waals surface area contributed by atoms with Crippen LogP contribution in [-0.2, 0) is 97.0 Å². The number of Topliss-reactive ketones (excluding diaryl/α,β-unsaturated/α-hetero) is 2. The number of fused-ring (bicyclic) bond motifs is 6. The summed E-state index contributed by atoms with van der Waals surface area (Å²) in [6.45, 7) is 15.4. The van der Waals surface area contributed by atoms with E-state index in [1.807, 2.05) is 0 Å². The number of anilines is 1. The first kappa shape index (κ1) is 73.3. The Hall–Kier alpha value is -5.88. The van der Waals surface area contributed by atoms with Gasteiger partial charge in [0.15, 0.2) is 11.6 Å². The van der Waals surface area contributed by atoms with Crippen molar-refractivity contribution in [2.45, 2.75) is 259 Å². The topological polar surface area (TPSA) is 333 Å². The third-order valence-electron chi connectivity index (χ3n) is 21.4. The van der Waals surface area contributed by atoms with Gasteiger partial charge in [-0.2, -0.15) is 0 Å². The number of amides is 6. The lowest BCUT2D eigenvalue weighted by atomic mass is 9.81. The maximum atomic E-state index is 14.6. The number of urea groups is 1. The first-order valence-corrected chi connectivity index (χ1v) is 35.6. The summed E-state index contributed by atoms with van der Waals surface area (Å²) >= 11 is 0. The molecule has 11 heterocycles. The normalized spacial score (nSPS) is 34.4. The second-order valence-corrected chi connectivity index (χ2v) is 28.8. The van der Waals surface area contributed by atoms with Gasteiger partial charge in [-0.15, -0.1) is 0 Å². The van der Waals surface area contributed by atoms with Gasteiger partial charge in [-0.05, 0) is 105 Å². The first-order valence-electron chi connectivity index (χ1n) is 35.6. The number of nitrogens with two attached hydrogens (primary N) is 1. The summed E-state index contributed by atoms with van der Waals surface area (Å²) in [5.74, 6) is -4.81. The molecular weight excluding hydrogens is 1270 g/mol. The lowest BCUT2D eigenvalue weighted by Crippen LogP contribution is -2.61. The van der Waals surface area contributed by atoms with Crippen LogP contribution in [0.2, 0.25) is 0 Å². The smallest absolute Gasteiger partial charge is 0.312 e. The van der Waals surface area contributed by atoms with E-state index in [1.54, 1.807) is 45.2 Å². The average molecular weight is 1370 g/mol. The molecule has 1 aromatic carbocycles. The van der Waals surface area contributed by atoms with Crippen molar-refractivity contribution in [2.75, 3.05) is 51.9 Å². The lowest BCUT2D eigenvalue weighted by molar-refractivity contribution is -0.292. The Morgan fingerprint density at radius 1 is 0.755 bits per heavy atom. The molecule has 0 saturated carbocycles. The fourth-order valence-corrected chi connectivity index (χ4v) is 16.2. The maximum Gasteiger partial charge on any atom is 0.312 e. The zero-order chi connectivity index (χ0) is 69.4. The molecule has 12 rings (SSSR count).